The number of anilines is 1. The fourth-order valence-corrected chi connectivity index (χ4v) is 1.83. The molecule has 1 amide bonds. The minimum atomic E-state index is -0.0841. The third kappa shape index (κ3) is 3.01. The molecule has 2 N–H and O–H groups in total. The van der Waals surface area contributed by atoms with Crippen LogP contribution in [0.4, 0.5) is 5.95 Å². The monoisotopic (exact) mass is 277 g/mol. The number of benzene rings is 1. The van der Waals surface area contributed by atoms with E-state index in [0.29, 0.717) is 37.1 Å². The van der Waals surface area contributed by atoms with Gasteiger partial charge >= 0.3 is 0 Å². The zero-order chi connectivity index (χ0) is 14.5. The van der Waals surface area contributed by atoms with Crippen molar-refractivity contribution in [2.24, 2.45) is 0 Å². The van der Waals surface area contributed by atoms with Crippen LogP contribution in [0.2, 0.25) is 0 Å². The van der Waals surface area contributed by atoms with Crippen molar-refractivity contribution < 1.29 is 14.3 Å². The minimum Gasteiger partial charge on any atom is -0.490 e. The SMILES string of the molecule is CCOc1cc2nc(NC(=O)CC)[nH]c2cc1OCC. The molecule has 0 saturated carbocycles. The summed E-state index contributed by atoms with van der Waals surface area (Å²) in [6.45, 7) is 6.73. The zero-order valence-corrected chi connectivity index (χ0v) is 11.9. The van der Waals surface area contributed by atoms with Crippen LogP contribution in [0.3, 0.4) is 0 Å². The average molecular weight is 277 g/mol. The highest BCUT2D eigenvalue weighted by atomic mass is 16.5. The summed E-state index contributed by atoms with van der Waals surface area (Å²) in [4.78, 5) is 18.7. The van der Waals surface area contributed by atoms with E-state index in [1.54, 1.807) is 6.92 Å². The Kier molecular flexibility index (Phi) is 4.45. The summed E-state index contributed by atoms with van der Waals surface area (Å²) in [5.74, 6) is 1.67. The molecule has 6 nitrogen and oxygen atoms in total. The maximum absolute atomic E-state index is 11.4. The standard InChI is InChI=1S/C14H19N3O3/c1-4-13(18)17-14-15-9-7-11(19-5-2)12(20-6-3)8-10(9)16-14/h7-8H,4-6H2,1-3H3,(H2,15,16,17,18). The number of H-pyrrole nitrogens is 1. The first-order chi connectivity index (χ1) is 9.67. The summed E-state index contributed by atoms with van der Waals surface area (Å²) in [6.07, 6.45) is 0.408. The molecule has 0 spiro atoms. The third-order valence-corrected chi connectivity index (χ3v) is 2.73. The Bertz CT molecular complexity index is 564. The largest absolute Gasteiger partial charge is 0.490 e. The van der Waals surface area contributed by atoms with Crippen LogP contribution in [0.15, 0.2) is 12.1 Å². The van der Waals surface area contributed by atoms with Gasteiger partial charge in [0, 0.05) is 18.6 Å². The lowest BCUT2D eigenvalue weighted by atomic mass is 10.2. The molecule has 2 rings (SSSR count). The molecule has 0 atom stereocenters. The highest BCUT2D eigenvalue weighted by Gasteiger charge is 2.11. The molecule has 0 radical (unpaired) electrons. The lowest BCUT2D eigenvalue weighted by molar-refractivity contribution is -0.115. The predicted octanol–water partition coefficient (Wildman–Crippen LogP) is 2.71. The second-order valence-corrected chi connectivity index (χ2v) is 4.17. The molecule has 0 unspecified atom stereocenters. The Morgan fingerprint density at radius 3 is 2.45 bits per heavy atom. The van der Waals surface area contributed by atoms with E-state index < -0.39 is 0 Å². The molecule has 1 aromatic heterocycles. The number of aromatic nitrogens is 2. The Hall–Kier alpha value is -2.24. The van der Waals surface area contributed by atoms with Crippen molar-refractivity contribution >= 4 is 22.9 Å². The van der Waals surface area contributed by atoms with E-state index in [4.69, 9.17) is 9.47 Å². The zero-order valence-electron chi connectivity index (χ0n) is 11.9. The van der Waals surface area contributed by atoms with Gasteiger partial charge in [0.15, 0.2) is 11.5 Å². The van der Waals surface area contributed by atoms with Gasteiger partial charge in [-0.05, 0) is 13.8 Å². The topological polar surface area (TPSA) is 76.2 Å². The lowest BCUT2D eigenvalue weighted by Crippen LogP contribution is -2.10. The van der Waals surface area contributed by atoms with Gasteiger partial charge in [-0.15, -0.1) is 0 Å². The fourth-order valence-electron chi connectivity index (χ4n) is 1.83. The normalized spacial score (nSPS) is 10.6. The van der Waals surface area contributed by atoms with Crippen LogP contribution in [0.5, 0.6) is 11.5 Å². The number of hydrogen-bond acceptors (Lipinski definition) is 4. The van der Waals surface area contributed by atoms with Gasteiger partial charge < -0.3 is 14.5 Å². The van der Waals surface area contributed by atoms with Crippen LogP contribution < -0.4 is 14.8 Å². The molecule has 0 fully saturated rings. The van der Waals surface area contributed by atoms with Crippen molar-refractivity contribution in [2.45, 2.75) is 27.2 Å². The van der Waals surface area contributed by atoms with E-state index in [2.05, 4.69) is 15.3 Å². The summed E-state index contributed by atoms with van der Waals surface area (Å²) in [5, 5.41) is 2.70. The number of nitrogens with zero attached hydrogens (tertiary/aromatic N) is 1. The predicted molar refractivity (Wildman–Crippen MR) is 77.4 cm³/mol. The summed E-state index contributed by atoms with van der Waals surface area (Å²) >= 11 is 0. The van der Waals surface area contributed by atoms with Gasteiger partial charge in [-0.1, -0.05) is 6.92 Å². The van der Waals surface area contributed by atoms with Crippen LogP contribution in [-0.4, -0.2) is 29.1 Å². The first-order valence-corrected chi connectivity index (χ1v) is 6.77. The molecule has 20 heavy (non-hydrogen) atoms. The quantitative estimate of drug-likeness (QED) is 0.851. The van der Waals surface area contributed by atoms with E-state index in [-0.39, 0.29) is 5.91 Å². The second-order valence-electron chi connectivity index (χ2n) is 4.17. The first-order valence-electron chi connectivity index (χ1n) is 6.77. The van der Waals surface area contributed by atoms with E-state index in [1.807, 2.05) is 26.0 Å². The van der Waals surface area contributed by atoms with Gasteiger partial charge in [-0.3, -0.25) is 10.1 Å². The lowest BCUT2D eigenvalue weighted by Gasteiger charge is -2.10. The van der Waals surface area contributed by atoms with Gasteiger partial charge in [-0.25, -0.2) is 4.98 Å². The van der Waals surface area contributed by atoms with E-state index in [9.17, 15) is 4.79 Å². The van der Waals surface area contributed by atoms with Gasteiger partial charge in [0.2, 0.25) is 11.9 Å². The van der Waals surface area contributed by atoms with E-state index in [1.165, 1.54) is 0 Å². The number of hydrogen-bond donors (Lipinski definition) is 2. The molecule has 0 saturated heterocycles. The van der Waals surface area contributed by atoms with Crippen LogP contribution in [-0.2, 0) is 4.79 Å². The first kappa shape index (κ1) is 14.2. The molecule has 6 heteroatoms. The number of imidazole rings is 1. The van der Waals surface area contributed by atoms with Crippen molar-refractivity contribution in [2.75, 3.05) is 18.5 Å². The number of ether oxygens (including phenoxy) is 2. The van der Waals surface area contributed by atoms with E-state index >= 15 is 0 Å². The Balaban J connectivity index is 2.37. The molecule has 0 aliphatic rings. The maximum Gasteiger partial charge on any atom is 0.226 e. The highest BCUT2D eigenvalue weighted by Crippen LogP contribution is 2.32. The number of carbonyl (C=O) groups is 1. The smallest absolute Gasteiger partial charge is 0.226 e. The van der Waals surface area contributed by atoms with Crippen molar-refractivity contribution in [3.63, 3.8) is 0 Å². The summed E-state index contributed by atoms with van der Waals surface area (Å²) in [5.41, 5.74) is 1.52. The second kappa shape index (κ2) is 6.27. The number of aromatic amines is 1. The van der Waals surface area contributed by atoms with Gasteiger partial charge in [0.25, 0.3) is 0 Å². The minimum absolute atomic E-state index is 0.0841. The molecular formula is C14H19N3O3. The van der Waals surface area contributed by atoms with Gasteiger partial charge in [0.05, 0.1) is 24.2 Å². The van der Waals surface area contributed by atoms with Crippen molar-refractivity contribution in [1.82, 2.24) is 9.97 Å². The molecular weight excluding hydrogens is 258 g/mol. The van der Waals surface area contributed by atoms with Gasteiger partial charge in [0.1, 0.15) is 0 Å². The van der Waals surface area contributed by atoms with Crippen LogP contribution in [0.25, 0.3) is 11.0 Å². The molecule has 2 aromatic rings. The molecule has 1 heterocycles. The van der Waals surface area contributed by atoms with Crippen LogP contribution in [0, 0.1) is 0 Å². The summed E-state index contributed by atoms with van der Waals surface area (Å²) < 4.78 is 11.1. The molecule has 108 valence electrons. The summed E-state index contributed by atoms with van der Waals surface area (Å²) in [7, 11) is 0. The number of carbonyl (C=O) groups excluding carboxylic acids is 1. The van der Waals surface area contributed by atoms with Crippen LogP contribution >= 0.6 is 0 Å². The molecule has 0 aliphatic carbocycles. The average Bonchev–Trinajstić information content (AvgIpc) is 2.80. The van der Waals surface area contributed by atoms with Gasteiger partial charge in [-0.2, -0.15) is 0 Å². The fraction of sp³-hybridized carbons (Fsp3) is 0.429. The number of rotatable bonds is 6. The van der Waals surface area contributed by atoms with Crippen molar-refractivity contribution in [3.05, 3.63) is 12.1 Å². The Labute approximate surface area is 117 Å². The molecule has 0 aliphatic heterocycles. The maximum atomic E-state index is 11.4. The number of amides is 1. The van der Waals surface area contributed by atoms with E-state index in [0.717, 1.165) is 11.0 Å². The number of nitrogens with one attached hydrogen (secondary N) is 2. The van der Waals surface area contributed by atoms with Crippen molar-refractivity contribution in [1.29, 1.82) is 0 Å². The molecule has 1 aromatic carbocycles. The van der Waals surface area contributed by atoms with Crippen LogP contribution in [0.1, 0.15) is 27.2 Å². The molecule has 0 bridgehead atoms. The summed E-state index contributed by atoms with van der Waals surface area (Å²) in [6, 6.07) is 3.64. The number of fused-ring (bicyclic) bond motifs is 1. The highest BCUT2D eigenvalue weighted by molar-refractivity contribution is 5.91. The Morgan fingerprint density at radius 2 is 1.85 bits per heavy atom. The van der Waals surface area contributed by atoms with Crippen molar-refractivity contribution in [3.8, 4) is 11.5 Å². The Morgan fingerprint density at radius 1 is 1.20 bits per heavy atom. The third-order valence-electron chi connectivity index (χ3n) is 2.73.